The smallest absolute Gasteiger partial charge is 0.126 e. The number of benzene rings is 1. The molecule has 1 rings (SSSR count). The molecule has 0 saturated heterocycles. The minimum atomic E-state index is -0.338. The van der Waals surface area contributed by atoms with Crippen molar-refractivity contribution < 1.29 is 9.13 Å². The van der Waals surface area contributed by atoms with Gasteiger partial charge in [0.2, 0.25) is 0 Å². The highest BCUT2D eigenvalue weighted by Gasteiger charge is 2.17. The molecule has 0 amide bonds. The van der Waals surface area contributed by atoms with Gasteiger partial charge in [-0.1, -0.05) is 12.1 Å². The van der Waals surface area contributed by atoms with E-state index in [0.29, 0.717) is 5.75 Å². The second-order valence-electron chi connectivity index (χ2n) is 3.81. The van der Waals surface area contributed by atoms with Crippen LogP contribution >= 0.6 is 0 Å². The van der Waals surface area contributed by atoms with Gasteiger partial charge in [0.05, 0.1) is 0 Å². The predicted molar refractivity (Wildman–Crippen MR) is 55.9 cm³/mol. The molecule has 0 aliphatic carbocycles. The normalized spacial score (nSPS) is 11.1. The van der Waals surface area contributed by atoms with Gasteiger partial charge in [-0.25, -0.2) is 4.39 Å². The molecular formula is C12H15FO. The average molecular weight is 194 g/mol. The van der Waals surface area contributed by atoms with E-state index >= 15 is 0 Å². The van der Waals surface area contributed by atoms with E-state index in [4.69, 9.17) is 4.74 Å². The van der Waals surface area contributed by atoms with E-state index in [-0.39, 0.29) is 11.4 Å². The summed E-state index contributed by atoms with van der Waals surface area (Å²) < 4.78 is 18.4. The Morgan fingerprint density at radius 1 is 1.50 bits per heavy atom. The number of hydrogen-bond acceptors (Lipinski definition) is 1. The van der Waals surface area contributed by atoms with Crippen molar-refractivity contribution in [2.75, 3.05) is 0 Å². The predicted octanol–water partition coefficient (Wildman–Crippen LogP) is 3.56. The molecule has 0 saturated carbocycles. The third-order valence-electron chi connectivity index (χ3n) is 1.83. The Balaban J connectivity index is 2.72. The molecule has 0 aliphatic rings. The van der Waals surface area contributed by atoms with Gasteiger partial charge in [0.25, 0.3) is 0 Å². The first kappa shape index (κ1) is 10.8. The average Bonchev–Trinajstić information content (AvgIpc) is 2.02. The summed E-state index contributed by atoms with van der Waals surface area (Å²) in [6, 6.07) is 6.15. The van der Waals surface area contributed by atoms with Crippen molar-refractivity contribution in [3.8, 4) is 5.75 Å². The Labute approximate surface area is 84.2 Å². The topological polar surface area (TPSA) is 9.23 Å². The van der Waals surface area contributed by atoms with Crippen LogP contribution in [0.15, 0.2) is 36.9 Å². The van der Waals surface area contributed by atoms with Gasteiger partial charge < -0.3 is 4.74 Å². The van der Waals surface area contributed by atoms with E-state index in [1.54, 1.807) is 18.2 Å². The first-order valence-electron chi connectivity index (χ1n) is 4.59. The van der Waals surface area contributed by atoms with E-state index < -0.39 is 0 Å². The SMILES string of the molecule is C=CCC(C)(C)Oc1cccc(F)c1. The fraction of sp³-hybridized carbons (Fsp3) is 0.333. The summed E-state index contributed by atoms with van der Waals surface area (Å²) in [4.78, 5) is 0. The highest BCUT2D eigenvalue weighted by Crippen LogP contribution is 2.21. The Kier molecular flexibility index (Phi) is 3.28. The van der Waals surface area contributed by atoms with Crippen LogP contribution in [0.5, 0.6) is 5.75 Å². The van der Waals surface area contributed by atoms with Crippen LogP contribution in [0.2, 0.25) is 0 Å². The highest BCUT2D eigenvalue weighted by atomic mass is 19.1. The summed E-state index contributed by atoms with van der Waals surface area (Å²) in [6.07, 6.45) is 2.52. The van der Waals surface area contributed by atoms with Crippen LogP contribution in [-0.2, 0) is 0 Å². The third kappa shape index (κ3) is 3.21. The first-order valence-corrected chi connectivity index (χ1v) is 4.59. The zero-order chi connectivity index (χ0) is 10.6. The number of rotatable bonds is 4. The van der Waals surface area contributed by atoms with Crippen molar-refractivity contribution in [3.05, 3.63) is 42.7 Å². The van der Waals surface area contributed by atoms with Gasteiger partial charge in [0.1, 0.15) is 17.2 Å². The van der Waals surface area contributed by atoms with Crippen molar-refractivity contribution in [3.63, 3.8) is 0 Å². The van der Waals surface area contributed by atoms with Gasteiger partial charge in [0.15, 0.2) is 0 Å². The molecule has 76 valence electrons. The summed E-state index contributed by atoms with van der Waals surface area (Å²) >= 11 is 0. The third-order valence-corrected chi connectivity index (χ3v) is 1.83. The first-order chi connectivity index (χ1) is 6.53. The van der Waals surface area contributed by atoms with Crippen molar-refractivity contribution >= 4 is 0 Å². The maximum absolute atomic E-state index is 12.8. The molecule has 0 unspecified atom stereocenters. The zero-order valence-electron chi connectivity index (χ0n) is 8.59. The molecule has 2 heteroatoms. The van der Waals surface area contributed by atoms with Crippen LogP contribution in [0.25, 0.3) is 0 Å². The number of ether oxygens (including phenoxy) is 1. The molecule has 0 aliphatic heterocycles. The fourth-order valence-electron chi connectivity index (χ4n) is 1.24. The Bertz CT molecular complexity index is 318. The Morgan fingerprint density at radius 2 is 2.21 bits per heavy atom. The quantitative estimate of drug-likeness (QED) is 0.666. The van der Waals surface area contributed by atoms with Crippen molar-refractivity contribution in [1.29, 1.82) is 0 Å². The van der Waals surface area contributed by atoms with Crippen molar-refractivity contribution in [2.45, 2.75) is 25.9 Å². The van der Waals surface area contributed by atoms with Crippen LogP contribution in [-0.4, -0.2) is 5.60 Å². The van der Waals surface area contributed by atoms with Gasteiger partial charge in [-0.05, 0) is 26.0 Å². The van der Waals surface area contributed by atoms with Gasteiger partial charge in [0, 0.05) is 12.5 Å². The van der Waals surface area contributed by atoms with Crippen LogP contribution in [0.3, 0.4) is 0 Å². The van der Waals surface area contributed by atoms with Crippen molar-refractivity contribution in [2.24, 2.45) is 0 Å². The molecular weight excluding hydrogens is 179 g/mol. The minimum Gasteiger partial charge on any atom is -0.487 e. The number of hydrogen-bond donors (Lipinski definition) is 0. The minimum absolute atomic E-state index is 0.281. The standard InChI is InChI=1S/C12H15FO/c1-4-8-12(2,3)14-11-7-5-6-10(13)9-11/h4-7,9H,1,8H2,2-3H3. The molecule has 14 heavy (non-hydrogen) atoms. The molecule has 0 heterocycles. The number of halogens is 1. The van der Waals surface area contributed by atoms with Crippen LogP contribution < -0.4 is 4.74 Å². The molecule has 0 fully saturated rings. The van der Waals surface area contributed by atoms with Gasteiger partial charge in [-0.3, -0.25) is 0 Å². The van der Waals surface area contributed by atoms with Crippen LogP contribution in [0.4, 0.5) is 4.39 Å². The molecule has 0 spiro atoms. The lowest BCUT2D eigenvalue weighted by Gasteiger charge is -2.25. The van der Waals surface area contributed by atoms with Gasteiger partial charge in [-0.15, -0.1) is 6.58 Å². The lowest BCUT2D eigenvalue weighted by atomic mass is 10.1. The van der Waals surface area contributed by atoms with E-state index in [1.807, 2.05) is 13.8 Å². The van der Waals surface area contributed by atoms with Crippen LogP contribution in [0.1, 0.15) is 20.3 Å². The summed E-state index contributed by atoms with van der Waals surface area (Å²) in [7, 11) is 0. The second-order valence-corrected chi connectivity index (χ2v) is 3.81. The maximum Gasteiger partial charge on any atom is 0.126 e. The van der Waals surface area contributed by atoms with E-state index in [9.17, 15) is 4.39 Å². The molecule has 1 aromatic rings. The lowest BCUT2D eigenvalue weighted by Crippen LogP contribution is -2.27. The fourth-order valence-corrected chi connectivity index (χ4v) is 1.24. The zero-order valence-corrected chi connectivity index (χ0v) is 8.59. The maximum atomic E-state index is 12.8. The summed E-state index contributed by atoms with van der Waals surface area (Å²) in [6.45, 7) is 7.54. The van der Waals surface area contributed by atoms with E-state index in [1.165, 1.54) is 12.1 Å². The lowest BCUT2D eigenvalue weighted by molar-refractivity contribution is 0.112. The molecule has 1 nitrogen and oxygen atoms in total. The molecule has 0 bridgehead atoms. The highest BCUT2D eigenvalue weighted by molar-refractivity contribution is 5.23. The Morgan fingerprint density at radius 3 is 2.79 bits per heavy atom. The monoisotopic (exact) mass is 194 g/mol. The second kappa shape index (κ2) is 4.27. The molecule has 1 aromatic carbocycles. The summed E-state index contributed by atoms with van der Waals surface area (Å²) in [5.74, 6) is 0.272. The molecule has 0 radical (unpaired) electrons. The molecule has 0 atom stereocenters. The molecule has 0 N–H and O–H groups in total. The van der Waals surface area contributed by atoms with Crippen molar-refractivity contribution in [1.82, 2.24) is 0 Å². The molecule has 0 aromatic heterocycles. The van der Waals surface area contributed by atoms with Gasteiger partial charge >= 0.3 is 0 Å². The Hall–Kier alpha value is -1.31. The van der Waals surface area contributed by atoms with E-state index in [0.717, 1.165) is 6.42 Å². The summed E-state index contributed by atoms with van der Waals surface area (Å²) in [5, 5.41) is 0. The summed E-state index contributed by atoms with van der Waals surface area (Å²) in [5.41, 5.74) is -0.338. The van der Waals surface area contributed by atoms with Crippen LogP contribution in [0, 0.1) is 5.82 Å². The van der Waals surface area contributed by atoms with Gasteiger partial charge in [-0.2, -0.15) is 0 Å². The largest absolute Gasteiger partial charge is 0.487 e. The van der Waals surface area contributed by atoms with E-state index in [2.05, 4.69) is 6.58 Å².